The second-order valence-electron chi connectivity index (χ2n) is 6.05. The summed E-state index contributed by atoms with van der Waals surface area (Å²) in [5, 5.41) is 23.5. The van der Waals surface area contributed by atoms with Gasteiger partial charge in [0.05, 0.1) is 11.4 Å². The van der Waals surface area contributed by atoms with Crippen LogP contribution < -0.4 is 20.1 Å². The summed E-state index contributed by atoms with van der Waals surface area (Å²) >= 11 is 0. The van der Waals surface area contributed by atoms with Crippen molar-refractivity contribution in [2.75, 3.05) is 37.9 Å². The van der Waals surface area contributed by atoms with E-state index in [1.807, 2.05) is 0 Å². The van der Waals surface area contributed by atoms with E-state index in [-0.39, 0.29) is 0 Å². The molecule has 0 fully saturated rings. The fourth-order valence-electron chi connectivity index (χ4n) is 2.58. The first-order valence-electron chi connectivity index (χ1n) is 9.14. The molecule has 0 heterocycles. The van der Waals surface area contributed by atoms with E-state index >= 15 is 0 Å². The number of hydrogen-bond donors (Lipinski definition) is 4. The quantitative estimate of drug-likeness (QED) is 0.328. The summed E-state index contributed by atoms with van der Waals surface area (Å²) in [5.41, 5.74) is 2.93. The maximum atomic E-state index is 10.6. The van der Waals surface area contributed by atoms with Crippen LogP contribution in [0.2, 0.25) is 0 Å². The number of anilines is 2. The molecule has 158 valence electrons. The third-order valence-electron chi connectivity index (χ3n) is 3.98. The van der Waals surface area contributed by atoms with Crippen molar-refractivity contribution in [3.8, 4) is 11.5 Å². The fourth-order valence-corrected chi connectivity index (χ4v) is 2.58. The van der Waals surface area contributed by atoms with E-state index in [2.05, 4.69) is 10.6 Å². The molecule has 2 rings (SSSR count). The number of hydrogen-bond acceptors (Lipinski definition) is 6. The van der Waals surface area contributed by atoms with E-state index in [1.54, 1.807) is 50.5 Å². The fraction of sp³-hybridized carbons (Fsp3) is 0.182. The van der Waals surface area contributed by atoms with Gasteiger partial charge in [-0.05, 0) is 47.5 Å². The van der Waals surface area contributed by atoms with E-state index in [0.717, 1.165) is 34.7 Å². The molecule has 0 radical (unpaired) electrons. The van der Waals surface area contributed by atoms with Gasteiger partial charge in [0.1, 0.15) is 24.7 Å². The summed E-state index contributed by atoms with van der Waals surface area (Å²) in [6, 6.07) is 10.6. The minimum absolute atomic E-state index is 0.294. The van der Waals surface area contributed by atoms with Gasteiger partial charge in [0.15, 0.2) is 0 Å². The van der Waals surface area contributed by atoms with Crippen molar-refractivity contribution in [1.82, 2.24) is 0 Å². The first kappa shape index (κ1) is 22.4. The van der Waals surface area contributed by atoms with Crippen LogP contribution in [0.3, 0.4) is 0 Å². The van der Waals surface area contributed by atoms with Crippen LogP contribution in [0.25, 0.3) is 12.2 Å². The summed E-state index contributed by atoms with van der Waals surface area (Å²) in [6.45, 7) is 0.589. The zero-order valence-corrected chi connectivity index (χ0v) is 16.7. The summed E-state index contributed by atoms with van der Waals surface area (Å²) in [5.74, 6) is -0.774. The number of rotatable bonds is 11. The minimum atomic E-state index is -1.01. The van der Waals surface area contributed by atoms with E-state index in [4.69, 9.17) is 19.7 Å². The van der Waals surface area contributed by atoms with Gasteiger partial charge in [0.2, 0.25) is 0 Å². The minimum Gasteiger partial charge on any atom is -0.488 e. The molecule has 8 heteroatoms. The smallest absolute Gasteiger partial charge is 0.328 e. The van der Waals surface area contributed by atoms with Crippen molar-refractivity contribution in [3.05, 3.63) is 59.7 Å². The summed E-state index contributed by atoms with van der Waals surface area (Å²) in [6.07, 6.45) is 5.16. The predicted octanol–water partition coefficient (Wildman–Crippen LogP) is 3.42. The molecule has 4 N–H and O–H groups in total. The Balaban J connectivity index is 1.96. The molecule has 0 aliphatic carbocycles. The highest BCUT2D eigenvalue weighted by Gasteiger charge is 2.06. The largest absolute Gasteiger partial charge is 0.488 e. The lowest BCUT2D eigenvalue weighted by Crippen LogP contribution is -2.11. The topological polar surface area (TPSA) is 117 Å². The number of ether oxygens (including phenoxy) is 2. The van der Waals surface area contributed by atoms with Gasteiger partial charge in [-0.15, -0.1) is 0 Å². The maximum absolute atomic E-state index is 10.6. The molecule has 0 aliphatic heterocycles. The highest BCUT2D eigenvalue weighted by atomic mass is 16.5. The first-order valence-corrected chi connectivity index (χ1v) is 9.14. The third-order valence-corrected chi connectivity index (χ3v) is 3.98. The van der Waals surface area contributed by atoms with Crippen LogP contribution in [-0.2, 0) is 9.59 Å². The first-order chi connectivity index (χ1) is 14.4. The van der Waals surface area contributed by atoms with Gasteiger partial charge < -0.3 is 30.3 Å². The Kier molecular flexibility index (Phi) is 8.31. The van der Waals surface area contributed by atoms with Crippen LogP contribution in [-0.4, -0.2) is 49.5 Å². The van der Waals surface area contributed by atoms with Crippen molar-refractivity contribution in [1.29, 1.82) is 0 Å². The van der Waals surface area contributed by atoms with Crippen LogP contribution in [0.15, 0.2) is 48.6 Å². The van der Waals surface area contributed by atoms with Crippen LogP contribution in [0.5, 0.6) is 11.5 Å². The standard InChI is InChI=1S/C22H24N2O6/c1-23-17-13-15(5-9-21(25)26)3-7-19(17)29-11-12-30-20-8-4-16(6-10-22(27)28)14-18(20)24-2/h3-10,13-14,23-24H,11-12H2,1-2H3,(H,25,26)(H,27,28). The number of carboxylic acids is 2. The van der Waals surface area contributed by atoms with E-state index in [1.165, 1.54) is 12.2 Å². The van der Waals surface area contributed by atoms with Gasteiger partial charge >= 0.3 is 11.9 Å². The normalized spacial score (nSPS) is 10.9. The van der Waals surface area contributed by atoms with Gasteiger partial charge in [-0.1, -0.05) is 12.1 Å². The van der Waals surface area contributed by atoms with Gasteiger partial charge in [-0.25, -0.2) is 9.59 Å². The van der Waals surface area contributed by atoms with Crippen molar-refractivity contribution in [3.63, 3.8) is 0 Å². The Morgan fingerprint density at radius 2 is 1.20 bits per heavy atom. The SMILES string of the molecule is CNc1cc(C=CC(=O)O)ccc1OCCOc1ccc(C=CC(=O)O)cc1NC. The highest BCUT2D eigenvalue weighted by molar-refractivity contribution is 5.86. The average Bonchev–Trinajstić information content (AvgIpc) is 2.74. The second-order valence-corrected chi connectivity index (χ2v) is 6.05. The monoisotopic (exact) mass is 412 g/mol. The van der Waals surface area contributed by atoms with Crippen molar-refractivity contribution >= 4 is 35.5 Å². The van der Waals surface area contributed by atoms with E-state index < -0.39 is 11.9 Å². The van der Waals surface area contributed by atoms with E-state index in [0.29, 0.717) is 24.7 Å². The van der Waals surface area contributed by atoms with Crippen LogP contribution >= 0.6 is 0 Å². The molecule has 30 heavy (non-hydrogen) atoms. The molecule has 0 spiro atoms. The van der Waals surface area contributed by atoms with Crippen molar-refractivity contribution < 1.29 is 29.3 Å². The lowest BCUT2D eigenvalue weighted by Gasteiger charge is -2.14. The molecule has 0 aromatic heterocycles. The zero-order valence-electron chi connectivity index (χ0n) is 16.7. The lowest BCUT2D eigenvalue weighted by atomic mass is 10.1. The van der Waals surface area contributed by atoms with E-state index in [9.17, 15) is 9.59 Å². The Bertz CT molecular complexity index is 875. The van der Waals surface area contributed by atoms with Crippen molar-refractivity contribution in [2.24, 2.45) is 0 Å². The molecule has 0 amide bonds. The second kappa shape index (κ2) is 11.2. The van der Waals surface area contributed by atoms with Crippen LogP contribution in [0.1, 0.15) is 11.1 Å². The summed E-state index contributed by atoms with van der Waals surface area (Å²) < 4.78 is 11.5. The average molecular weight is 412 g/mol. The van der Waals surface area contributed by atoms with Crippen molar-refractivity contribution in [2.45, 2.75) is 0 Å². The lowest BCUT2D eigenvalue weighted by molar-refractivity contribution is -0.132. The molecular weight excluding hydrogens is 388 g/mol. The Morgan fingerprint density at radius 1 is 0.800 bits per heavy atom. The Hall–Kier alpha value is -3.94. The highest BCUT2D eigenvalue weighted by Crippen LogP contribution is 2.27. The number of carboxylic acid groups (broad SMARTS) is 2. The Morgan fingerprint density at radius 3 is 1.53 bits per heavy atom. The third kappa shape index (κ3) is 6.90. The number of benzene rings is 2. The molecule has 0 aliphatic rings. The molecule has 2 aromatic rings. The molecule has 0 saturated heterocycles. The summed E-state index contributed by atoms with van der Waals surface area (Å²) in [7, 11) is 3.51. The van der Waals surface area contributed by atoms with Gasteiger partial charge in [-0.2, -0.15) is 0 Å². The molecule has 0 unspecified atom stereocenters. The van der Waals surface area contributed by atoms with Gasteiger partial charge in [-0.3, -0.25) is 0 Å². The van der Waals surface area contributed by atoms with Gasteiger partial charge in [0.25, 0.3) is 0 Å². The molecule has 8 nitrogen and oxygen atoms in total. The van der Waals surface area contributed by atoms with Crippen LogP contribution in [0, 0.1) is 0 Å². The number of nitrogens with one attached hydrogen (secondary N) is 2. The molecule has 2 aromatic carbocycles. The molecular formula is C22H24N2O6. The van der Waals surface area contributed by atoms with Gasteiger partial charge in [0, 0.05) is 26.2 Å². The zero-order chi connectivity index (χ0) is 21.9. The molecule has 0 saturated carbocycles. The molecule has 0 atom stereocenters. The number of aliphatic carboxylic acids is 2. The maximum Gasteiger partial charge on any atom is 0.328 e. The Labute approximate surface area is 174 Å². The predicted molar refractivity (Wildman–Crippen MR) is 116 cm³/mol. The van der Waals surface area contributed by atoms with Crippen LogP contribution in [0.4, 0.5) is 11.4 Å². The molecule has 0 bridgehead atoms. The summed E-state index contributed by atoms with van der Waals surface area (Å²) in [4.78, 5) is 21.3. The number of carbonyl (C=O) groups is 2.